The summed E-state index contributed by atoms with van der Waals surface area (Å²) in [5.74, 6) is -1.08. The van der Waals surface area contributed by atoms with Crippen LogP contribution in [-0.2, 0) is 11.3 Å². The van der Waals surface area contributed by atoms with E-state index in [2.05, 4.69) is 26.3 Å². The Hall–Kier alpha value is -3.26. The summed E-state index contributed by atoms with van der Waals surface area (Å²) in [4.78, 5) is 25.6. The molecule has 2 aromatic heterocycles. The van der Waals surface area contributed by atoms with Gasteiger partial charge in [0.2, 0.25) is 5.91 Å². The standard InChI is InChI=1S/C23H20BrFN4O2/c1-13-4-7-17(8-5-13)29-23-22(15(3)27-29)14(2)10-21(31)28(23)12-20(30)26-19-9-6-16(24)11-18(19)25/h4-11H,12H2,1-3H3,(H,26,30). The largest absolute Gasteiger partial charge is 0.322 e. The first-order chi connectivity index (χ1) is 14.7. The van der Waals surface area contributed by atoms with Crippen LogP contribution in [0.25, 0.3) is 16.7 Å². The van der Waals surface area contributed by atoms with Gasteiger partial charge in [0.05, 0.1) is 17.1 Å². The molecule has 0 spiro atoms. The van der Waals surface area contributed by atoms with Crippen LogP contribution in [0.15, 0.2) is 57.8 Å². The molecular formula is C23H20BrFN4O2. The highest BCUT2D eigenvalue weighted by Crippen LogP contribution is 2.24. The Morgan fingerprint density at radius 2 is 1.81 bits per heavy atom. The van der Waals surface area contributed by atoms with Crippen molar-refractivity contribution in [1.29, 1.82) is 0 Å². The van der Waals surface area contributed by atoms with Gasteiger partial charge in [-0.1, -0.05) is 33.6 Å². The minimum absolute atomic E-state index is 0.0489. The van der Waals surface area contributed by atoms with E-state index in [-0.39, 0.29) is 17.8 Å². The zero-order valence-electron chi connectivity index (χ0n) is 17.2. The molecule has 2 aromatic carbocycles. The van der Waals surface area contributed by atoms with Gasteiger partial charge < -0.3 is 5.32 Å². The first kappa shape index (κ1) is 21.0. The van der Waals surface area contributed by atoms with Crippen LogP contribution >= 0.6 is 15.9 Å². The van der Waals surface area contributed by atoms with Gasteiger partial charge in [-0.05, 0) is 56.7 Å². The molecule has 4 rings (SSSR count). The summed E-state index contributed by atoms with van der Waals surface area (Å²) in [5.41, 5.74) is 3.66. The van der Waals surface area contributed by atoms with Crippen molar-refractivity contribution in [2.45, 2.75) is 27.3 Å². The third-order valence-corrected chi connectivity index (χ3v) is 5.57. The molecule has 8 heteroatoms. The average Bonchev–Trinajstić information content (AvgIpc) is 3.05. The number of pyridine rings is 1. The Bertz CT molecular complexity index is 1370. The number of hydrogen-bond donors (Lipinski definition) is 1. The van der Waals surface area contributed by atoms with E-state index in [1.54, 1.807) is 10.7 Å². The number of carbonyl (C=O) groups excluding carboxylic acids is 1. The number of halogens is 2. The molecule has 6 nitrogen and oxygen atoms in total. The summed E-state index contributed by atoms with van der Waals surface area (Å²) in [5, 5.41) is 7.98. The summed E-state index contributed by atoms with van der Waals surface area (Å²) in [6.07, 6.45) is 0. The minimum atomic E-state index is -0.565. The Balaban J connectivity index is 1.81. The lowest BCUT2D eigenvalue weighted by Gasteiger charge is -2.13. The molecule has 0 radical (unpaired) electrons. The van der Waals surface area contributed by atoms with Gasteiger partial charge in [-0.25, -0.2) is 9.07 Å². The fraction of sp³-hybridized carbons (Fsp3) is 0.174. The molecule has 31 heavy (non-hydrogen) atoms. The molecular weight excluding hydrogens is 463 g/mol. The fourth-order valence-electron chi connectivity index (χ4n) is 3.61. The molecule has 0 fully saturated rings. The van der Waals surface area contributed by atoms with Gasteiger partial charge in [-0.15, -0.1) is 0 Å². The van der Waals surface area contributed by atoms with Crippen LogP contribution in [0, 0.1) is 26.6 Å². The first-order valence-corrected chi connectivity index (χ1v) is 10.5. The maximum atomic E-state index is 14.1. The molecule has 0 aliphatic rings. The van der Waals surface area contributed by atoms with E-state index in [0.717, 1.165) is 27.9 Å². The number of carbonyl (C=O) groups is 1. The van der Waals surface area contributed by atoms with Gasteiger partial charge in [0.25, 0.3) is 5.56 Å². The highest BCUT2D eigenvalue weighted by Gasteiger charge is 2.19. The van der Waals surface area contributed by atoms with Crippen molar-refractivity contribution in [3.8, 4) is 5.69 Å². The van der Waals surface area contributed by atoms with Crippen molar-refractivity contribution in [2.75, 3.05) is 5.32 Å². The number of amides is 1. The van der Waals surface area contributed by atoms with E-state index < -0.39 is 11.7 Å². The maximum absolute atomic E-state index is 14.1. The number of rotatable bonds is 4. The number of benzene rings is 2. The summed E-state index contributed by atoms with van der Waals surface area (Å²) in [7, 11) is 0. The molecule has 0 saturated heterocycles. The number of anilines is 1. The van der Waals surface area contributed by atoms with Crippen molar-refractivity contribution < 1.29 is 9.18 Å². The third kappa shape index (κ3) is 4.03. The molecule has 0 bridgehead atoms. The zero-order chi connectivity index (χ0) is 22.3. The predicted molar refractivity (Wildman–Crippen MR) is 122 cm³/mol. The van der Waals surface area contributed by atoms with Gasteiger partial charge in [0, 0.05) is 15.9 Å². The smallest absolute Gasteiger partial charge is 0.252 e. The minimum Gasteiger partial charge on any atom is -0.322 e. The van der Waals surface area contributed by atoms with Gasteiger partial charge in [-0.2, -0.15) is 5.10 Å². The summed E-state index contributed by atoms with van der Waals surface area (Å²) in [6, 6.07) is 13.6. The number of hydrogen-bond acceptors (Lipinski definition) is 3. The van der Waals surface area contributed by atoms with Crippen LogP contribution in [0.4, 0.5) is 10.1 Å². The first-order valence-electron chi connectivity index (χ1n) is 9.66. The highest BCUT2D eigenvalue weighted by molar-refractivity contribution is 9.10. The van der Waals surface area contributed by atoms with E-state index in [9.17, 15) is 14.0 Å². The van der Waals surface area contributed by atoms with E-state index in [0.29, 0.717) is 10.1 Å². The lowest BCUT2D eigenvalue weighted by Crippen LogP contribution is -2.29. The van der Waals surface area contributed by atoms with Crippen LogP contribution in [0.2, 0.25) is 0 Å². The molecule has 0 unspecified atom stereocenters. The monoisotopic (exact) mass is 482 g/mol. The van der Waals surface area contributed by atoms with E-state index in [1.807, 2.05) is 45.0 Å². The van der Waals surface area contributed by atoms with Gasteiger partial charge in [-0.3, -0.25) is 14.2 Å². The van der Waals surface area contributed by atoms with Crippen LogP contribution in [0.1, 0.15) is 16.8 Å². The van der Waals surface area contributed by atoms with Crippen LogP contribution in [0.3, 0.4) is 0 Å². The zero-order valence-corrected chi connectivity index (χ0v) is 18.8. The van der Waals surface area contributed by atoms with Crippen molar-refractivity contribution in [2.24, 2.45) is 0 Å². The van der Waals surface area contributed by atoms with Crippen LogP contribution in [-0.4, -0.2) is 20.3 Å². The fourth-order valence-corrected chi connectivity index (χ4v) is 3.94. The molecule has 1 N–H and O–H groups in total. The number of nitrogens with zero attached hydrogens (tertiary/aromatic N) is 3. The van der Waals surface area contributed by atoms with Crippen molar-refractivity contribution >= 4 is 38.6 Å². The molecule has 0 aliphatic carbocycles. The van der Waals surface area contributed by atoms with E-state index in [4.69, 9.17) is 0 Å². The van der Waals surface area contributed by atoms with Crippen molar-refractivity contribution in [3.63, 3.8) is 0 Å². The summed E-state index contributed by atoms with van der Waals surface area (Å²) < 4.78 is 17.7. The Morgan fingerprint density at radius 3 is 2.48 bits per heavy atom. The lowest BCUT2D eigenvalue weighted by atomic mass is 10.1. The third-order valence-electron chi connectivity index (χ3n) is 5.08. The second-order valence-electron chi connectivity index (χ2n) is 7.46. The highest BCUT2D eigenvalue weighted by atomic mass is 79.9. The molecule has 0 atom stereocenters. The molecule has 1 amide bonds. The van der Waals surface area contributed by atoms with Gasteiger partial charge in [0.1, 0.15) is 18.0 Å². The Kier molecular flexibility index (Phi) is 5.49. The number of aryl methyl sites for hydroxylation is 3. The molecule has 0 saturated carbocycles. The van der Waals surface area contributed by atoms with Crippen molar-refractivity contribution in [1.82, 2.24) is 14.3 Å². The molecule has 0 aliphatic heterocycles. The normalized spacial score (nSPS) is 11.1. The Labute approximate surface area is 186 Å². The predicted octanol–water partition coefficient (Wildman–Crippen LogP) is 4.65. The second-order valence-corrected chi connectivity index (χ2v) is 8.37. The number of nitrogens with one attached hydrogen (secondary N) is 1. The molecule has 2 heterocycles. The van der Waals surface area contributed by atoms with E-state index >= 15 is 0 Å². The SMILES string of the molecule is Cc1ccc(-n2nc(C)c3c(C)cc(=O)n(CC(=O)Nc4ccc(Br)cc4F)c32)cc1. The molecule has 4 aromatic rings. The summed E-state index contributed by atoms with van der Waals surface area (Å²) >= 11 is 3.19. The lowest BCUT2D eigenvalue weighted by molar-refractivity contribution is -0.116. The quantitative estimate of drug-likeness (QED) is 0.460. The summed E-state index contributed by atoms with van der Waals surface area (Å²) in [6.45, 7) is 5.43. The second kappa shape index (κ2) is 8.11. The van der Waals surface area contributed by atoms with E-state index in [1.165, 1.54) is 22.8 Å². The maximum Gasteiger partial charge on any atom is 0.252 e. The van der Waals surface area contributed by atoms with Crippen molar-refractivity contribution in [3.05, 3.63) is 86.0 Å². The molecule has 158 valence electrons. The van der Waals surface area contributed by atoms with Gasteiger partial charge >= 0.3 is 0 Å². The van der Waals surface area contributed by atoms with Gasteiger partial charge in [0.15, 0.2) is 0 Å². The number of fused-ring (bicyclic) bond motifs is 1. The van der Waals surface area contributed by atoms with Crippen LogP contribution in [0.5, 0.6) is 0 Å². The topological polar surface area (TPSA) is 68.9 Å². The average molecular weight is 483 g/mol. The van der Waals surface area contributed by atoms with Crippen LogP contribution < -0.4 is 10.9 Å². The Morgan fingerprint density at radius 1 is 1.10 bits per heavy atom. The number of aromatic nitrogens is 3.